The van der Waals surface area contributed by atoms with Gasteiger partial charge in [0.2, 0.25) is 0 Å². The Kier molecular flexibility index (Phi) is 21.1. The van der Waals surface area contributed by atoms with Gasteiger partial charge in [0.15, 0.2) is 0 Å². The molecule has 0 aromatic rings. The van der Waals surface area contributed by atoms with Crippen LogP contribution in [-0.2, 0) is 10.1 Å². The van der Waals surface area contributed by atoms with Gasteiger partial charge in [-0.25, -0.2) is 8.42 Å². The Morgan fingerprint density at radius 1 is 0.750 bits per heavy atom. The van der Waals surface area contributed by atoms with Crippen LogP contribution in [0.15, 0.2) is 0 Å². The van der Waals surface area contributed by atoms with E-state index >= 15 is 0 Å². The van der Waals surface area contributed by atoms with Crippen molar-refractivity contribution in [3.63, 3.8) is 0 Å². The zero-order chi connectivity index (χ0) is 17.4. The summed E-state index contributed by atoms with van der Waals surface area (Å²) in [4.78, 5) is 0. The summed E-state index contributed by atoms with van der Waals surface area (Å²) in [7, 11) is -4.07. The summed E-state index contributed by atoms with van der Waals surface area (Å²) in [6.45, 7) is 2.24. The SMILES string of the molecule is CCCCCCCCCCCCC(O)CCCCCS(=O)(=O)[O-].[Na+]. The minimum Gasteiger partial charge on any atom is -0.748 e. The third-order valence-electron chi connectivity index (χ3n) is 4.32. The molecule has 0 aliphatic rings. The number of hydrogen-bond acceptors (Lipinski definition) is 4. The Bertz CT molecular complexity index is 347. The monoisotopic (exact) mass is 372 g/mol. The van der Waals surface area contributed by atoms with Gasteiger partial charge in [0.05, 0.1) is 16.2 Å². The second-order valence-corrected chi connectivity index (χ2v) is 8.26. The molecule has 0 saturated carbocycles. The number of aliphatic hydroxyl groups is 1. The molecule has 0 amide bonds. The van der Waals surface area contributed by atoms with Crippen molar-refractivity contribution in [2.75, 3.05) is 5.75 Å². The molecule has 4 nitrogen and oxygen atoms in total. The zero-order valence-corrected chi connectivity index (χ0v) is 18.8. The molecule has 0 saturated heterocycles. The van der Waals surface area contributed by atoms with Gasteiger partial charge in [-0.2, -0.15) is 0 Å². The fourth-order valence-electron chi connectivity index (χ4n) is 2.85. The summed E-state index contributed by atoms with van der Waals surface area (Å²) in [5.74, 6) is -0.276. The summed E-state index contributed by atoms with van der Waals surface area (Å²) in [5, 5.41) is 9.85. The average molecular weight is 373 g/mol. The van der Waals surface area contributed by atoms with Gasteiger partial charge in [-0.05, 0) is 19.3 Å². The summed E-state index contributed by atoms with van der Waals surface area (Å²) in [6.07, 6.45) is 16.2. The first kappa shape index (κ1) is 27.1. The molecule has 0 fully saturated rings. The van der Waals surface area contributed by atoms with E-state index in [0.717, 1.165) is 25.7 Å². The first-order chi connectivity index (χ1) is 11.0. The molecule has 0 rings (SSSR count). The molecule has 1 N–H and O–H groups in total. The molecule has 0 bridgehead atoms. The molecule has 24 heavy (non-hydrogen) atoms. The molecule has 0 aliphatic heterocycles. The third kappa shape index (κ3) is 22.9. The maximum atomic E-state index is 10.4. The van der Waals surface area contributed by atoms with Crippen molar-refractivity contribution < 1.29 is 47.6 Å². The Morgan fingerprint density at radius 2 is 1.12 bits per heavy atom. The molecule has 0 radical (unpaired) electrons. The predicted molar refractivity (Wildman–Crippen MR) is 95.5 cm³/mol. The van der Waals surface area contributed by atoms with Gasteiger partial charge in [-0.3, -0.25) is 0 Å². The van der Waals surface area contributed by atoms with E-state index in [1.165, 1.54) is 57.8 Å². The van der Waals surface area contributed by atoms with Crippen LogP contribution in [0.1, 0.15) is 103 Å². The van der Waals surface area contributed by atoms with Crippen molar-refractivity contribution in [3.8, 4) is 0 Å². The molecule has 0 aromatic carbocycles. The smallest absolute Gasteiger partial charge is 0.748 e. The van der Waals surface area contributed by atoms with Crippen LogP contribution in [0, 0.1) is 0 Å². The Hall–Kier alpha value is 0.870. The quantitative estimate of drug-likeness (QED) is 0.240. The van der Waals surface area contributed by atoms with Crippen molar-refractivity contribution in [2.45, 2.75) is 109 Å². The molecule has 1 unspecified atom stereocenters. The first-order valence-corrected chi connectivity index (χ1v) is 11.1. The number of unbranched alkanes of at least 4 members (excludes halogenated alkanes) is 11. The largest absolute Gasteiger partial charge is 1.00 e. The van der Waals surface area contributed by atoms with Crippen LogP contribution < -0.4 is 29.6 Å². The fourth-order valence-corrected chi connectivity index (χ4v) is 3.40. The topological polar surface area (TPSA) is 77.4 Å². The second kappa shape index (κ2) is 18.7. The van der Waals surface area contributed by atoms with E-state index in [0.29, 0.717) is 12.8 Å². The van der Waals surface area contributed by atoms with Crippen molar-refractivity contribution >= 4 is 10.1 Å². The van der Waals surface area contributed by atoms with Crippen molar-refractivity contribution in [2.24, 2.45) is 0 Å². The van der Waals surface area contributed by atoms with Crippen molar-refractivity contribution in [3.05, 3.63) is 0 Å². The number of rotatable bonds is 17. The maximum Gasteiger partial charge on any atom is 1.00 e. The van der Waals surface area contributed by atoms with E-state index in [2.05, 4.69) is 6.92 Å². The molecule has 140 valence electrons. The zero-order valence-electron chi connectivity index (χ0n) is 16.0. The van der Waals surface area contributed by atoms with Gasteiger partial charge in [-0.1, -0.05) is 84.0 Å². The van der Waals surface area contributed by atoms with Gasteiger partial charge >= 0.3 is 29.6 Å². The fraction of sp³-hybridized carbons (Fsp3) is 1.00. The van der Waals surface area contributed by atoms with Gasteiger partial charge in [-0.15, -0.1) is 0 Å². The van der Waals surface area contributed by atoms with E-state index in [9.17, 15) is 18.1 Å². The molecule has 0 spiro atoms. The van der Waals surface area contributed by atoms with Gasteiger partial charge < -0.3 is 9.66 Å². The summed E-state index contributed by atoms with van der Waals surface area (Å²) in [6, 6.07) is 0. The van der Waals surface area contributed by atoms with Crippen LogP contribution >= 0.6 is 0 Å². The summed E-state index contributed by atoms with van der Waals surface area (Å²) < 4.78 is 31.3. The van der Waals surface area contributed by atoms with E-state index in [1.54, 1.807) is 0 Å². The van der Waals surface area contributed by atoms with Gasteiger partial charge in [0.1, 0.15) is 0 Å². The molecule has 0 aliphatic carbocycles. The van der Waals surface area contributed by atoms with Crippen LogP contribution in [-0.4, -0.2) is 29.9 Å². The van der Waals surface area contributed by atoms with Crippen LogP contribution in [0.4, 0.5) is 0 Å². The van der Waals surface area contributed by atoms with Crippen molar-refractivity contribution in [1.82, 2.24) is 0 Å². The Balaban J connectivity index is 0. The minimum absolute atomic E-state index is 0. The normalized spacial score (nSPS) is 12.8. The maximum absolute atomic E-state index is 10.4. The number of hydrogen-bond donors (Lipinski definition) is 1. The Labute approximate surface area is 172 Å². The van der Waals surface area contributed by atoms with Crippen LogP contribution in [0.3, 0.4) is 0 Å². The third-order valence-corrected chi connectivity index (χ3v) is 5.11. The summed E-state index contributed by atoms with van der Waals surface area (Å²) >= 11 is 0. The first-order valence-electron chi connectivity index (χ1n) is 9.57. The second-order valence-electron chi connectivity index (χ2n) is 6.74. The van der Waals surface area contributed by atoms with E-state index < -0.39 is 10.1 Å². The molecule has 1 atom stereocenters. The van der Waals surface area contributed by atoms with Crippen molar-refractivity contribution in [1.29, 1.82) is 0 Å². The molecule has 6 heteroatoms. The van der Waals surface area contributed by atoms with Gasteiger partial charge in [0.25, 0.3) is 0 Å². The van der Waals surface area contributed by atoms with E-state index in [1.807, 2.05) is 0 Å². The predicted octanol–water partition coefficient (Wildman–Crippen LogP) is 1.77. The average Bonchev–Trinajstić information content (AvgIpc) is 2.47. The minimum atomic E-state index is -4.07. The Morgan fingerprint density at radius 3 is 1.54 bits per heavy atom. The summed E-state index contributed by atoms with van der Waals surface area (Å²) in [5.41, 5.74) is 0. The van der Waals surface area contributed by atoms with Crippen LogP contribution in [0.25, 0.3) is 0 Å². The molecule has 0 aromatic heterocycles. The number of aliphatic hydroxyl groups excluding tert-OH is 1. The van der Waals surface area contributed by atoms with Crippen LogP contribution in [0.5, 0.6) is 0 Å². The van der Waals surface area contributed by atoms with Crippen LogP contribution in [0.2, 0.25) is 0 Å². The van der Waals surface area contributed by atoms with E-state index in [4.69, 9.17) is 0 Å². The molecule has 0 heterocycles. The molecular weight excluding hydrogens is 335 g/mol. The molecular formula is C18H37NaO4S. The van der Waals surface area contributed by atoms with E-state index in [-0.39, 0.29) is 41.4 Å². The van der Waals surface area contributed by atoms with Gasteiger partial charge in [0, 0.05) is 5.75 Å². The standard InChI is InChI=1S/C18H38O4S.Na/c1-2-3-4-5-6-7-8-9-10-12-15-18(19)16-13-11-14-17-23(20,21)22;/h18-19H,2-17H2,1H3,(H,20,21,22);/q;+1/p-1.